The lowest BCUT2D eigenvalue weighted by atomic mass is 9.95. The maximum Gasteiger partial charge on any atom is 0.391 e. The molecule has 120 valence electrons. The predicted octanol–water partition coefficient (Wildman–Crippen LogP) is 3.07. The van der Waals surface area contributed by atoms with Gasteiger partial charge in [-0.2, -0.15) is 13.2 Å². The molecule has 0 radical (unpaired) electrons. The molecule has 1 saturated heterocycles. The van der Waals surface area contributed by atoms with Gasteiger partial charge in [0.1, 0.15) is 0 Å². The van der Waals surface area contributed by atoms with Crippen LogP contribution in [-0.2, 0) is 0 Å². The standard InChI is InChI=1S/C13H13F3N2O4/c14-13(15,16)8-3-5-17(6-4-8)11-2-1-9(18(21)22)7-10(11)12(19)20/h1-2,7-8H,3-6H2,(H,19,20). The summed E-state index contributed by atoms with van der Waals surface area (Å²) in [6.45, 7) is 0.116. The number of hydrogen-bond acceptors (Lipinski definition) is 4. The van der Waals surface area contributed by atoms with Crippen molar-refractivity contribution in [1.82, 2.24) is 0 Å². The minimum atomic E-state index is -4.25. The van der Waals surface area contributed by atoms with E-state index in [0.29, 0.717) is 0 Å². The Balaban J connectivity index is 2.23. The molecule has 0 saturated carbocycles. The number of carboxylic acids is 1. The first-order valence-corrected chi connectivity index (χ1v) is 6.53. The number of carbonyl (C=O) groups is 1. The second-order valence-corrected chi connectivity index (χ2v) is 5.07. The van der Waals surface area contributed by atoms with E-state index in [-0.39, 0.29) is 42.9 Å². The first-order chi connectivity index (χ1) is 10.2. The fourth-order valence-electron chi connectivity index (χ4n) is 2.53. The fourth-order valence-corrected chi connectivity index (χ4v) is 2.53. The van der Waals surface area contributed by atoms with Crippen molar-refractivity contribution in [3.63, 3.8) is 0 Å². The summed E-state index contributed by atoms with van der Waals surface area (Å²) >= 11 is 0. The highest BCUT2D eigenvalue weighted by atomic mass is 19.4. The van der Waals surface area contributed by atoms with Crippen LogP contribution in [0.5, 0.6) is 0 Å². The van der Waals surface area contributed by atoms with Crippen LogP contribution in [0.4, 0.5) is 24.5 Å². The second kappa shape index (κ2) is 5.82. The van der Waals surface area contributed by atoms with Gasteiger partial charge in [0.15, 0.2) is 0 Å². The zero-order chi connectivity index (χ0) is 16.5. The van der Waals surface area contributed by atoms with E-state index in [0.717, 1.165) is 12.1 Å². The Morgan fingerprint density at radius 1 is 1.32 bits per heavy atom. The minimum Gasteiger partial charge on any atom is -0.478 e. The van der Waals surface area contributed by atoms with Gasteiger partial charge >= 0.3 is 12.1 Å². The van der Waals surface area contributed by atoms with Crippen LogP contribution in [0.2, 0.25) is 0 Å². The number of nitrogens with zero attached hydrogens (tertiary/aromatic N) is 2. The molecule has 0 atom stereocenters. The van der Waals surface area contributed by atoms with Crippen LogP contribution in [0.3, 0.4) is 0 Å². The number of non-ortho nitro benzene ring substituents is 1. The van der Waals surface area contributed by atoms with E-state index in [4.69, 9.17) is 5.11 Å². The van der Waals surface area contributed by atoms with Gasteiger partial charge in [0.05, 0.1) is 22.1 Å². The van der Waals surface area contributed by atoms with E-state index in [1.54, 1.807) is 0 Å². The van der Waals surface area contributed by atoms with Crippen molar-refractivity contribution >= 4 is 17.3 Å². The summed E-state index contributed by atoms with van der Waals surface area (Å²) < 4.78 is 37.9. The molecule has 0 unspecified atom stereocenters. The SMILES string of the molecule is O=C(O)c1cc([N+](=O)[O-])ccc1N1CCC(C(F)(F)F)CC1. The number of nitro benzene ring substituents is 1. The highest BCUT2D eigenvalue weighted by Crippen LogP contribution is 2.36. The molecule has 22 heavy (non-hydrogen) atoms. The van der Waals surface area contributed by atoms with Crippen LogP contribution < -0.4 is 4.90 Å². The van der Waals surface area contributed by atoms with Gasteiger partial charge in [-0.25, -0.2) is 4.79 Å². The molecular formula is C13H13F3N2O4. The zero-order valence-electron chi connectivity index (χ0n) is 11.3. The van der Waals surface area contributed by atoms with Crippen LogP contribution in [0.15, 0.2) is 18.2 Å². The van der Waals surface area contributed by atoms with Crippen molar-refractivity contribution in [2.24, 2.45) is 5.92 Å². The summed E-state index contributed by atoms with van der Waals surface area (Å²) in [5.74, 6) is -2.74. The number of hydrogen-bond donors (Lipinski definition) is 1. The Morgan fingerprint density at radius 3 is 2.36 bits per heavy atom. The molecule has 6 nitrogen and oxygen atoms in total. The molecule has 1 heterocycles. The topological polar surface area (TPSA) is 83.7 Å². The third-order valence-corrected chi connectivity index (χ3v) is 3.72. The Bertz CT molecular complexity index is 595. The first kappa shape index (κ1) is 16.1. The Kier molecular flexibility index (Phi) is 4.25. The van der Waals surface area contributed by atoms with Crippen molar-refractivity contribution in [2.45, 2.75) is 19.0 Å². The average molecular weight is 318 g/mol. The van der Waals surface area contributed by atoms with Crippen LogP contribution in [0.25, 0.3) is 0 Å². The number of carboxylic acid groups (broad SMARTS) is 1. The molecule has 0 spiro atoms. The average Bonchev–Trinajstić information content (AvgIpc) is 2.45. The van der Waals surface area contributed by atoms with E-state index in [9.17, 15) is 28.1 Å². The van der Waals surface area contributed by atoms with E-state index in [1.165, 1.54) is 11.0 Å². The third kappa shape index (κ3) is 3.29. The summed E-state index contributed by atoms with van der Waals surface area (Å²) in [5, 5.41) is 19.8. The van der Waals surface area contributed by atoms with Gasteiger partial charge in [-0.3, -0.25) is 10.1 Å². The lowest BCUT2D eigenvalue weighted by molar-refractivity contribution is -0.384. The van der Waals surface area contributed by atoms with Gasteiger partial charge in [-0.05, 0) is 18.9 Å². The van der Waals surface area contributed by atoms with Crippen molar-refractivity contribution in [1.29, 1.82) is 0 Å². The number of piperidine rings is 1. The predicted molar refractivity (Wildman–Crippen MR) is 71.0 cm³/mol. The van der Waals surface area contributed by atoms with Crippen LogP contribution in [-0.4, -0.2) is 35.3 Å². The molecule has 0 aliphatic carbocycles. The van der Waals surface area contributed by atoms with Gasteiger partial charge in [-0.15, -0.1) is 0 Å². The van der Waals surface area contributed by atoms with Crippen molar-refractivity contribution in [3.8, 4) is 0 Å². The zero-order valence-corrected chi connectivity index (χ0v) is 11.3. The van der Waals surface area contributed by atoms with Gasteiger partial charge in [-0.1, -0.05) is 0 Å². The smallest absolute Gasteiger partial charge is 0.391 e. The molecule has 1 N–H and O–H groups in total. The molecule has 0 aromatic heterocycles. The highest BCUT2D eigenvalue weighted by Gasteiger charge is 2.41. The van der Waals surface area contributed by atoms with Crippen LogP contribution in [0.1, 0.15) is 23.2 Å². The quantitative estimate of drug-likeness (QED) is 0.684. The van der Waals surface area contributed by atoms with Crippen LogP contribution >= 0.6 is 0 Å². The molecule has 0 amide bonds. The molecule has 1 aliphatic heterocycles. The number of rotatable bonds is 3. The number of aromatic carboxylic acids is 1. The van der Waals surface area contributed by atoms with Crippen molar-refractivity contribution in [2.75, 3.05) is 18.0 Å². The van der Waals surface area contributed by atoms with Gasteiger partial charge in [0.25, 0.3) is 5.69 Å². The maximum atomic E-state index is 12.6. The maximum absolute atomic E-state index is 12.6. The minimum absolute atomic E-state index is 0.0578. The number of halogens is 3. The third-order valence-electron chi connectivity index (χ3n) is 3.72. The normalized spacial score (nSPS) is 16.6. The molecule has 1 aliphatic rings. The summed E-state index contributed by atoms with van der Waals surface area (Å²) in [7, 11) is 0. The van der Waals surface area contributed by atoms with Gasteiger partial charge in [0.2, 0.25) is 0 Å². The Morgan fingerprint density at radius 2 is 1.91 bits per heavy atom. The van der Waals surface area contributed by atoms with E-state index >= 15 is 0 Å². The second-order valence-electron chi connectivity index (χ2n) is 5.07. The Labute approximate surface area is 123 Å². The summed E-state index contributed by atoms with van der Waals surface area (Å²) in [5.41, 5.74) is -0.440. The molecule has 1 aromatic carbocycles. The first-order valence-electron chi connectivity index (χ1n) is 6.53. The fraction of sp³-hybridized carbons (Fsp3) is 0.462. The molecule has 1 aromatic rings. The van der Waals surface area contributed by atoms with E-state index in [1.807, 2.05) is 0 Å². The lowest BCUT2D eigenvalue weighted by Crippen LogP contribution is -2.39. The van der Waals surface area contributed by atoms with Gasteiger partial charge < -0.3 is 10.0 Å². The monoisotopic (exact) mass is 318 g/mol. The number of anilines is 1. The summed E-state index contributed by atoms with van der Waals surface area (Å²) in [4.78, 5) is 22.7. The molecule has 1 fully saturated rings. The van der Waals surface area contributed by atoms with E-state index in [2.05, 4.69) is 0 Å². The van der Waals surface area contributed by atoms with Crippen LogP contribution in [0, 0.1) is 16.0 Å². The summed E-state index contributed by atoms with van der Waals surface area (Å²) in [6, 6.07) is 3.35. The number of benzene rings is 1. The molecule has 0 bridgehead atoms. The lowest BCUT2D eigenvalue weighted by Gasteiger charge is -2.34. The van der Waals surface area contributed by atoms with Crippen molar-refractivity contribution < 1.29 is 28.0 Å². The molecular weight excluding hydrogens is 305 g/mol. The highest BCUT2D eigenvalue weighted by molar-refractivity contribution is 5.95. The van der Waals surface area contributed by atoms with E-state index < -0.39 is 23.0 Å². The largest absolute Gasteiger partial charge is 0.478 e. The Hall–Kier alpha value is -2.32. The van der Waals surface area contributed by atoms with Gasteiger partial charge in [0, 0.05) is 25.2 Å². The molecule has 2 rings (SSSR count). The molecule has 9 heteroatoms. The summed E-state index contributed by atoms with van der Waals surface area (Å²) in [6.07, 6.45) is -4.50. The van der Waals surface area contributed by atoms with Crippen molar-refractivity contribution in [3.05, 3.63) is 33.9 Å². The number of nitro groups is 1. The number of alkyl halides is 3.